The van der Waals surface area contributed by atoms with Gasteiger partial charge in [0, 0.05) is 19.1 Å². The van der Waals surface area contributed by atoms with Gasteiger partial charge in [0.15, 0.2) is 11.5 Å². The number of nitrogens with two attached hydrogens (primary N) is 2. The highest BCUT2D eigenvalue weighted by atomic mass is 16.1. The average molecular weight is 223 g/mol. The van der Waals surface area contributed by atoms with Gasteiger partial charge in [-0.15, -0.1) is 10.2 Å². The number of aromatic nitrogens is 2. The zero-order valence-corrected chi connectivity index (χ0v) is 9.55. The minimum Gasteiger partial charge on any atom is -0.364 e. The summed E-state index contributed by atoms with van der Waals surface area (Å²) in [5.41, 5.74) is 10.8. The normalized spacial score (nSPS) is 10.5. The minimum absolute atomic E-state index is 0.167. The first-order valence-corrected chi connectivity index (χ1v) is 5.16. The molecule has 1 aromatic rings. The summed E-state index contributed by atoms with van der Waals surface area (Å²) in [5, 5.41) is 7.72. The Hall–Kier alpha value is -1.69. The van der Waals surface area contributed by atoms with Gasteiger partial charge >= 0.3 is 0 Å². The van der Waals surface area contributed by atoms with Crippen LogP contribution < -0.4 is 16.4 Å². The molecule has 0 fully saturated rings. The Morgan fingerprint density at radius 3 is 2.50 bits per heavy atom. The Morgan fingerprint density at radius 1 is 1.44 bits per heavy atom. The Kier molecular flexibility index (Phi) is 4.19. The van der Waals surface area contributed by atoms with E-state index < -0.39 is 5.91 Å². The van der Waals surface area contributed by atoms with Crippen molar-refractivity contribution in [3.63, 3.8) is 0 Å². The average Bonchev–Trinajstić information content (AvgIpc) is 2.25. The van der Waals surface area contributed by atoms with Crippen LogP contribution in [0.15, 0.2) is 12.1 Å². The summed E-state index contributed by atoms with van der Waals surface area (Å²) in [6.07, 6.45) is 0. The molecule has 0 radical (unpaired) electrons. The minimum atomic E-state index is -0.575. The van der Waals surface area contributed by atoms with E-state index in [1.165, 1.54) is 0 Å². The van der Waals surface area contributed by atoms with Crippen LogP contribution in [0, 0.1) is 0 Å². The van der Waals surface area contributed by atoms with Crippen molar-refractivity contribution in [2.75, 3.05) is 18.0 Å². The third kappa shape index (κ3) is 2.90. The van der Waals surface area contributed by atoms with E-state index in [1.54, 1.807) is 12.1 Å². The van der Waals surface area contributed by atoms with Crippen molar-refractivity contribution >= 4 is 11.7 Å². The second-order valence-electron chi connectivity index (χ2n) is 3.72. The molecule has 0 aliphatic carbocycles. The molecule has 6 heteroatoms. The lowest BCUT2D eigenvalue weighted by Gasteiger charge is -2.26. The van der Waals surface area contributed by atoms with E-state index >= 15 is 0 Å². The molecule has 0 bridgehead atoms. The highest BCUT2D eigenvalue weighted by Gasteiger charge is 2.12. The van der Waals surface area contributed by atoms with Gasteiger partial charge in [-0.25, -0.2) is 0 Å². The molecule has 88 valence electrons. The summed E-state index contributed by atoms with van der Waals surface area (Å²) in [6.45, 7) is 5.32. The standard InChI is InChI=1S/C10H17N5O/c1-7(2)15(6-5-11)9-4-3-8(10(12)16)13-14-9/h3-4,7H,5-6,11H2,1-2H3,(H2,12,16). The number of nitrogens with zero attached hydrogens (tertiary/aromatic N) is 3. The van der Waals surface area contributed by atoms with Crippen molar-refractivity contribution < 1.29 is 4.79 Å². The van der Waals surface area contributed by atoms with Crippen LogP contribution >= 0.6 is 0 Å². The van der Waals surface area contributed by atoms with Crippen molar-refractivity contribution in [1.29, 1.82) is 0 Å². The van der Waals surface area contributed by atoms with Crippen molar-refractivity contribution in [2.45, 2.75) is 19.9 Å². The first-order chi connectivity index (χ1) is 7.56. The fourth-order valence-electron chi connectivity index (χ4n) is 1.39. The zero-order valence-electron chi connectivity index (χ0n) is 9.55. The lowest BCUT2D eigenvalue weighted by Crippen LogP contribution is -2.36. The molecule has 4 N–H and O–H groups in total. The van der Waals surface area contributed by atoms with Gasteiger partial charge in [0.25, 0.3) is 5.91 Å². The summed E-state index contributed by atoms with van der Waals surface area (Å²) in [4.78, 5) is 12.8. The number of carbonyl (C=O) groups excluding carboxylic acids is 1. The van der Waals surface area contributed by atoms with Gasteiger partial charge in [0.2, 0.25) is 0 Å². The van der Waals surface area contributed by atoms with Crippen LogP contribution in [-0.2, 0) is 0 Å². The van der Waals surface area contributed by atoms with E-state index in [9.17, 15) is 4.79 Å². The van der Waals surface area contributed by atoms with Crippen molar-refractivity contribution in [2.24, 2.45) is 11.5 Å². The van der Waals surface area contributed by atoms with E-state index in [0.29, 0.717) is 18.9 Å². The van der Waals surface area contributed by atoms with Gasteiger partial charge < -0.3 is 16.4 Å². The van der Waals surface area contributed by atoms with Crippen LogP contribution in [0.2, 0.25) is 0 Å². The Bertz CT molecular complexity index is 349. The van der Waals surface area contributed by atoms with E-state index in [2.05, 4.69) is 10.2 Å². The number of hydrogen-bond acceptors (Lipinski definition) is 5. The zero-order chi connectivity index (χ0) is 12.1. The quantitative estimate of drug-likeness (QED) is 0.717. The number of amides is 1. The van der Waals surface area contributed by atoms with Crippen LogP contribution in [0.4, 0.5) is 5.82 Å². The fourth-order valence-corrected chi connectivity index (χ4v) is 1.39. The second kappa shape index (κ2) is 5.41. The fraction of sp³-hybridized carbons (Fsp3) is 0.500. The summed E-state index contributed by atoms with van der Waals surface area (Å²) in [7, 11) is 0. The number of rotatable bonds is 5. The topological polar surface area (TPSA) is 98.1 Å². The monoisotopic (exact) mass is 223 g/mol. The molecular weight excluding hydrogens is 206 g/mol. The largest absolute Gasteiger partial charge is 0.364 e. The summed E-state index contributed by atoms with van der Waals surface area (Å²) in [5.74, 6) is 0.124. The van der Waals surface area contributed by atoms with E-state index in [0.717, 1.165) is 0 Å². The number of hydrogen-bond donors (Lipinski definition) is 2. The van der Waals surface area contributed by atoms with E-state index in [-0.39, 0.29) is 11.7 Å². The summed E-state index contributed by atoms with van der Waals surface area (Å²) < 4.78 is 0. The summed E-state index contributed by atoms with van der Waals surface area (Å²) in [6, 6.07) is 3.57. The highest BCUT2D eigenvalue weighted by molar-refractivity contribution is 5.90. The van der Waals surface area contributed by atoms with Crippen molar-refractivity contribution in [3.8, 4) is 0 Å². The van der Waals surface area contributed by atoms with Gasteiger partial charge in [-0.2, -0.15) is 0 Å². The molecule has 1 amide bonds. The number of anilines is 1. The molecule has 16 heavy (non-hydrogen) atoms. The Balaban J connectivity index is 2.89. The predicted octanol–water partition coefficient (Wildman–Crippen LogP) is -0.251. The predicted molar refractivity (Wildman–Crippen MR) is 62.1 cm³/mol. The molecule has 1 rings (SSSR count). The number of primary amides is 1. The lowest BCUT2D eigenvalue weighted by molar-refractivity contribution is 0.0994. The molecule has 0 spiro atoms. The molecule has 0 saturated heterocycles. The number of carbonyl (C=O) groups is 1. The lowest BCUT2D eigenvalue weighted by atomic mass is 10.3. The maximum absolute atomic E-state index is 10.8. The van der Waals surface area contributed by atoms with Crippen LogP contribution in [0.1, 0.15) is 24.3 Å². The van der Waals surface area contributed by atoms with Gasteiger partial charge in [-0.05, 0) is 26.0 Å². The van der Waals surface area contributed by atoms with Gasteiger partial charge in [0.05, 0.1) is 0 Å². The molecule has 0 atom stereocenters. The van der Waals surface area contributed by atoms with Gasteiger partial charge in [-0.3, -0.25) is 4.79 Å². The maximum Gasteiger partial charge on any atom is 0.269 e. The van der Waals surface area contributed by atoms with Crippen molar-refractivity contribution in [3.05, 3.63) is 17.8 Å². The smallest absolute Gasteiger partial charge is 0.269 e. The van der Waals surface area contributed by atoms with Crippen LogP contribution in [0.25, 0.3) is 0 Å². The SMILES string of the molecule is CC(C)N(CCN)c1ccc(C(N)=O)nn1. The van der Waals surface area contributed by atoms with E-state index in [1.807, 2.05) is 18.7 Å². The summed E-state index contributed by atoms with van der Waals surface area (Å²) >= 11 is 0. The second-order valence-corrected chi connectivity index (χ2v) is 3.72. The third-order valence-electron chi connectivity index (χ3n) is 2.19. The van der Waals surface area contributed by atoms with Crippen molar-refractivity contribution in [1.82, 2.24) is 10.2 Å². The van der Waals surface area contributed by atoms with Crippen LogP contribution in [0.5, 0.6) is 0 Å². The van der Waals surface area contributed by atoms with Crippen LogP contribution in [-0.4, -0.2) is 35.2 Å². The molecule has 1 aromatic heterocycles. The van der Waals surface area contributed by atoms with Gasteiger partial charge in [-0.1, -0.05) is 0 Å². The highest BCUT2D eigenvalue weighted by Crippen LogP contribution is 2.12. The van der Waals surface area contributed by atoms with Crippen LogP contribution in [0.3, 0.4) is 0 Å². The molecule has 0 aliphatic rings. The molecule has 0 unspecified atom stereocenters. The van der Waals surface area contributed by atoms with E-state index in [4.69, 9.17) is 11.5 Å². The Morgan fingerprint density at radius 2 is 2.12 bits per heavy atom. The molecule has 0 aliphatic heterocycles. The molecular formula is C10H17N5O. The first kappa shape index (κ1) is 12.4. The molecule has 6 nitrogen and oxygen atoms in total. The molecule has 0 aromatic carbocycles. The molecule has 0 saturated carbocycles. The maximum atomic E-state index is 10.8. The third-order valence-corrected chi connectivity index (χ3v) is 2.19. The molecule has 1 heterocycles. The van der Waals surface area contributed by atoms with Gasteiger partial charge in [0.1, 0.15) is 0 Å². The Labute approximate surface area is 94.6 Å². The first-order valence-electron chi connectivity index (χ1n) is 5.16.